The van der Waals surface area contributed by atoms with E-state index < -0.39 is 0 Å². The number of H-pyrrole nitrogens is 1. The number of hydrogen-bond acceptors (Lipinski definition) is 3. The minimum Gasteiger partial charge on any atom is -0.341 e. The summed E-state index contributed by atoms with van der Waals surface area (Å²) in [5.41, 5.74) is 1.54. The van der Waals surface area contributed by atoms with Crippen molar-refractivity contribution in [2.75, 3.05) is 26.2 Å². The zero-order valence-corrected chi connectivity index (χ0v) is 12.3. The SMILES string of the molecule is CC(c1nc2cc(Br)c(F)cc2[nH]1)N1CCNCC1. The number of benzene rings is 1. The molecule has 0 amide bonds. The molecule has 6 heteroatoms. The minimum atomic E-state index is -0.266. The van der Waals surface area contributed by atoms with Crippen molar-refractivity contribution in [1.82, 2.24) is 20.2 Å². The van der Waals surface area contributed by atoms with Crippen molar-refractivity contribution in [2.24, 2.45) is 0 Å². The van der Waals surface area contributed by atoms with Crippen molar-refractivity contribution in [3.8, 4) is 0 Å². The van der Waals surface area contributed by atoms with Gasteiger partial charge in [0.25, 0.3) is 0 Å². The molecule has 1 aliphatic heterocycles. The molecule has 0 saturated carbocycles. The molecule has 1 aromatic carbocycles. The van der Waals surface area contributed by atoms with Crippen LogP contribution in [0.25, 0.3) is 11.0 Å². The summed E-state index contributed by atoms with van der Waals surface area (Å²) in [6, 6.07) is 3.42. The van der Waals surface area contributed by atoms with Gasteiger partial charge >= 0.3 is 0 Å². The van der Waals surface area contributed by atoms with Crippen LogP contribution in [0, 0.1) is 5.82 Å². The fraction of sp³-hybridized carbons (Fsp3) is 0.462. The standard InChI is InChI=1S/C13H16BrFN4/c1-8(19-4-2-16-3-5-19)13-17-11-6-9(14)10(15)7-12(11)18-13/h6-8,16H,2-5H2,1H3,(H,17,18). The largest absolute Gasteiger partial charge is 0.341 e. The highest BCUT2D eigenvalue weighted by atomic mass is 79.9. The van der Waals surface area contributed by atoms with Gasteiger partial charge in [-0.25, -0.2) is 9.37 Å². The third kappa shape index (κ3) is 2.52. The Morgan fingerprint density at radius 3 is 2.84 bits per heavy atom. The molecule has 2 N–H and O–H groups in total. The van der Waals surface area contributed by atoms with Crippen LogP contribution in [-0.4, -0.2) is 41.0 Å². The number of hydrogen-bond donors (Lipinski definition) is 2. The van der Waals surface area contributed by atoms with Gasteiger partial charge < -0.3 is 10.3 Å². The van der Waals surface area contributed by atoms with Gasteiger partial charge in [0.1, 0.15) is 11.6 Å². The second-order valence-electron chi connectivity index (χ2n) is 4.87. The summed E-state index contributed by atoms with van der Waals surface area (Å²) in [6.45, 7) is 6.16. The van der Waals surface area contributed by atoms with Crippen LogP contribution in [0.5, 0.6) is 0 Å². The Balaban J connectivity index is 1.91. The van der Waals surface area contributed by atoms with Crippen molar-refractivity contribution in [3.05, 3.63) is 28.2 Å². The number of rotatable bonds is 2. The molecule has 102 valence electrons. The molecule has 3 rings (SSSR count). The number of piperazine rings is 1. The van der Waals surface area contributed by atoms with Gasteiger partial charge in [-0.3, -0.25) is 4.90 Å². The third-order valence-corrected chi connectivity index (χ3v) is 4.24. The van der Waals surface area contributed by atoms with Crippen molar-refractivity contribution in [3.63, 3.8) is 0 Å². The molecule has 1 unspecified atom stereocenters. The number of aromatic amines is 1. The fourth-order valence-corrected chi connectivity index (χ4v) is 2.80. The zero-order chi connectivity index (χ0) is 13.4. The fourth-order valence-electron chi connectivity index (χ4n) is 2.46. The predicted molar refractivity (Wildman–Crippen MR) is 76.6 cm³/mol. The highest BCUT2D eigenvalue weighted by molar-refractivity contribution is 9.10. The Morgan fingerprint density at radius 2 is 2.11 bits per heavy atom. The molecule has 4 nitrogen and oxygen atoms in total. The smallest absolute Gasteiger partial charge is 0.139 e. The lowest BCUT2D eigenvalue weighted by atomic mass is 10.2. The highest BCUT2D eigenvalue weighted by Gasteiger charge is 2.20. The minimum absolute atomic E-state index is 0.219. The number of nitrogens with zero attached hydrogens (tertiary/aromatic N) is 2. The highest BCUT2D eigenvalue weighted by Crippen LogP contribution is 2.25. The Bertz CT molecular complexity index is 553. The van der Waals surface area contributed by atoms with E-state index in [-0.39, 0.29) is 11.9 Å². The summed E-state index contributed by atoms with van der Waals surface area (Å²) in [4.78, 5) is 10.2. The summed E-state index contributed by atoms with van der Waals surface area (Å²) in [7, 11) is 0. The summed E-state index contributed by atoms with van der Waals surface area (Å²) in [5, 5.41) is 3.33. The van der Waals surface area contributed by atoms with Crippen molar-refractivity contribution >= 4 is 27.0 Å². The Labute approximate surface area is 119 Å². The molecule has 2 aromatic rings. The van der Waals surface area contributed by atoms with Gasteiger partial charge in [-0.15, -0.1) is 0 Å². The van der Waals surface area contributed by atoms with Gasteiger partial charge in [0.15, 0.2) is 0 Å². The average Bonchev–Trinajstić information content (AvgIpc) is 2.82. The molecule has 1 fully saturated rings. The van der Waals surface area contributed by atoms with Crippen LogP contribution in [0.3, 0.4) is 0 Å². The van der Waals surface area contributed by atoms with Gasteiger partial charge in [-0.05, 0) is 28.9 Å². The second-order valence-corrected chi connectivity index (χ2v) is 5.72. The van der Waals surface area contributed by atoms with Gasteiger partial charge in [-0.2, -0.15) is 0 Å². The lowest BCUT2D eigenvalue weighted by molar-refractivity contribution is 0.180. The summed E-state index contributed by atoms with van der Waals surface area (Å²) >= 11 is 3.19. The topological polar surface area (TPSA) is 44.0 Å². The Kier molecular flexibility index (Phi) is 3.56. The van der Waals surface area contributed by atoms with Crippen LogP contribution in [0.4, 0.5) is 4.39 Å². The molecule has 0 radical (unpaired) electrons. The normalized spacial score (nSPS) is 18.9. The van der Waals surface area contributed by atoms with Crippen molar-refractivity contribution < 1.29 is 4.39 Å². The number of fused-ring (bicyclic) bond motifs is 1. The second kappa shape index (κ2) is 5.19. The first-order valence-corrected chi connectivity index (χ1v) is 7.24. The first kappa shape index (κ1) is 13.0. The van der Waals surface area contributed by atoms with E-state index in [0.717, 1.165) is 43.0 Å². The molecular formula is C13H16BrFN4. The Hall–Kier alpha value is -0.980. The van der Waals surface area contributed by atoms with Crippen molar-refractivity contribution in [1.29, 1.82) is 0 Å². The maximum atomic E-state index is 13.5. The molecule has 0 spiro atoms. The summed E-state index contributed by atoms with van der Waals surface area (Å²) in [6.07, 6.45) is 0. The van der Waals surface area contributed by atoms with Gasteiger partial charge in [0.2, 0.25) is 0 Å². The molecule has 0 bridgehead atoms. The van der Waals surface area contributed by atoms with Crippen LogP contribution in [0.15, 0.2) is 16.6 Å². The molecule has 1 aliphatic rings. The average molecular weight is 327 g/mol. The number of nitrogens with one attached hydrogen (secondary N) is 2. The van der Waals surface area contributed by atoms with Gasteiger partial charge in [0.05, 0.1) is 21.5 Å². The van der Waals surface area contributed by atoms with E-state index in [1.165, 1.54) is 6.07 Å². The molecule has 1 saturated heterocycles. The maximum absolute atomic E-state index is 13.5. The van der Waals surface area contributed by atoms with Gasteiger partial charge in [0, 0.05) is 32.2 Å². The van der Waals surface area contributed by atoms with E-state index in [4.69, 9.17) is 0 Å². The van der Waals surface area contributed by atoms with E-state index in [9.17, 15) is 4.39 Å². The molecule has 0 aliphatic carbocycles. The quantitative estimate of drug-likeness (QED) is 0.890. The number of aromatic nitrogens is 2. The number of halogens is 2. The van der Waals surface area contributed by atoms with Crippen molar-refractivity contribution in [2.45, 2.75) is 13.0 Å². The maximum Gasteiger partial charge on any atom is 0.139 e. The Morgan fingerprint density at radius 1 is 1.37 bits per heavy atom. The molecule has 1 atom stereocenters. The number of imidazole rings is 1. The summed E-state index contributed by atoms with van der Waals surface area (Å²) < 4.78 is 14.0. The first-order valence-electron chi connectivity index (χ1n) is 6.44. The molecule has 1 aromatic heterocycles. The van der Waals surface area contributed by atoms with Crippen LogP contribution in [0.1, 0.15) is 18.8 Å². The molecular weight excluding hydrogens is 311 g/mol. The predicted octanol–water partition coefficient (Wildman–Crippen LogP) is 2.43. The van der Waals surface area contributed by atoms with Crippen LogP contribution < -0.4 is 5.32 Å². The van der Waals surface area contributed by atoms with Gasteiger partial charge in [-0.1, -0.05) is 0 Å². The molecule has 2 heterocycles. The van der Waals surface area contributed by atoms with E-state index in [1.54, 1.807) is 6.07 Å². The third-order valence-electron chi connectivity index (χ3n) is 3.64. The lowest BCUT2D eigenvalue weighted by Gasteiger charge is -2.31. The molecule has 19 heavy (non-hydrogen) atoms. The van der Waals surface area contributed by atoms with E-state index in [0.29, 0.717) is 4.47 Å². The van der Waals surface area contributed by atoms with Crippen LogP contribution in [0.2, 0.25) is 0 Å². The zero-order valence-electron chi connectivity index (χ0n) is 10.7. The van der Waals surface area contributed by atoms with Crippen LogP contribution >= 0.6 is 15.9 Å². The van der Waals surface area contributed by atoms with E-state index in [2.05, 4.69) is 43.0 Å². The monoisotopic (exact) mass is 326 g/mol. The summed E-state index contributed by atoms with van der Waals surface area (Å²) in [5.74, 6) is 0.631. The van der Waals surface area contributed by atoms with Crippen LogP contribution in [-0.2, 0) is 0 Å². The first-order chi connectivity index (χ1) is 9.15. The van der Waals surface area contributed by atoms with E-state index >= 15 is 0 Å². The lowest BCUT2D eigenvalue weighted by Crippen LogP contribution is -2.44. The van der Waals surface area contributed by atoms with E-state index in [1.807, 2.05) is 0 Å².